The number of nitrogens with one attached hydrogen (secondary N) is 1. The van der Waals surface area contributed by atoms with E-state index < -0.39 is 0 Å². The Morgan fingerprint density at radius 1 is 1.27 bits per heavy atom. The number of likely N-dealkylation sites (tertiary alicyclic amines) is 1. The number of aromatic nitrogens is 2. The van der Waals surface area contributed by atoms with E-state index in [4.69, 9.17) is 4.74 Å². The molecule has 0 saturated carbocycles. The first kappa shape index (κ1) is 18.3. The SMILES string of the molecule is CCOc1ccccc1NC(=O)N1CCC(Cn2nc(C)cc2C)CC1. The first-order valence-corrected chi connectivity index (χ1v) is 9.35. The van der Waals surface area contributed by atoms with Gasteiger partial charge in [0, 0.05) is 25.3 Å². The largest absolute Gasteiger partial charge is 0.492 e. The average molecular weight is 356 g/mol. The van der Waals surface area contributed by atoms with Crippen molar-refractivity contribution in [1.29, 1.82) is 0 Å². The van der Waals surface area contributed by atoms with Gasteiger partial charge in [-0.1, -0.05) is 12.1 Å². The summed E-state index contributed by atoms with van der Waals surface area (Å²) in [6, 6.07) is 9.61. The molecule has 3 rings (SSSR count). The van der Waals surface area contributed by atoms with Crippen LogP contribution in [0.3, 0.4) is 0 Å². The van der Waals surface area contributed by atoms with Crippen molar-refractivity contribution < 1.29 is 9.53 Å². The number of anilines is 1. The van der Waals surface area contributed by atoms with Gasteiger partial charge in [0.15, 0.2) is 0 Å². The molecule has 0 bridgehead atoms. The van der Waals surface area contributed by atoms with Crippen LogP contribution in [0.5, 0.6) is 5.75 Å². The summed E-state index contributed by atoms with van der Waals surface area (Å²) in [5, 5.41) is 7.54. The predicted octanol–water partition coefficient (Wildman–Crippen LogP) is 3.84. The van der Waals surface area contributed by atoms with Crippen LogP contribution >= 0.6 is 0 Å². The molecule has 1 fully saturated rings. The van der Waals surface area contributed by atoms with Gasteiger partial charge in [-0.15, -0.1) is 0 Å². The molecule has 2 aromatic rings. The number of para-hydroxylation sites is 2. The molecule has 1 aliphatic heterocycles. The maximum Gasteiger partial charge on any atom is 0.321 e. The summed E-state index contributed by atoms with van der Waals surface area (Å²) in [5.41, 5.74) is 2.99. The van der Waals surface area contributed by atoms with Crippen LogP contribution in [0.4, 0.5) is 10.5 Å². The molecule has 2 amide bonds. The number of ether oxygens (including phenoxy) is 1. The molecular weight excluding hydrogens is 328 g/mol. The topological polar surface area (TPSA) is 59.4 Å². The standard InChI is InChI=1S/C20H28N4O2/c1-4-26-19-8-6-5-7-18(19)21-20(25)23-11-9-17(10-12-23)14-24-16(3)13-15(2)22-24/h5-8,13,17H,4,9-12,14H2,1-3H3,(H,21,25). The Hall–Kier alpha value is -2.50. The fourth-order valence-electron chi connectivity index (χ4n) is 3.47. The molecule has 1 aromatic carbocycles. The summed E-state index contributed by atoms with van der Waals surface area (Å²) in [7, 11) is 0. The van der Waals surface area contributed by atoms with Crippen LogP contribution < -0.4 is 10.1 Å². The monoisotopic (exact) mass is 356 g/mol. The Labute approximate surface area is 155 Å². The van der Waals surface area contributed by atoms with E-state index >= 15 is 0 Å². The molecule has 2 heterocycles. The van der Waals surface area contributed by atoms with E-state index in [1.807, 2.05) is 43.0 Å². The number of hydrogen-bond acceptors (Lipinski definition) is 3. The summed E-state index contributed by atoms with van der Waals surface area (Å²) < 4.78 is 7.67. The second kappa shape index (κ2) is 8.25. The highest BCUT2D eigenvalue weighted by atomic mass is 16.5. The van der Waals surface area contributed by atoms with E-state index in [0.717, 1.165) is 43.9 Å². The molecule has 26 heavy (non-hydrogen) atoms. The van der Waals surface area contributed by atoms with Crippen LogP contribution in [0.2, 0.25) is 0 Å². The molecule has 0 spiro atoms. The van der Waals surface area contributed by atoms with Crippen molar-refractivity contribution in [3.63, 3.8) is 0 Å². The Bertz CT molecular complexity index is 748. The minimum absolute atomic E-state index is 0.0540. The molecule has 0 aliphatic carbocycles. The van der Waals surface area contributed by atoms with Gasteiger partial charge in [0.05, 0.1) is 18.0 Å². The van der Waals surface area contributed by atoms with E-state index in [1.54, 1.807) is 0 Å². The second-order valence-electron chi connectivity index (χ2n) is 6.90. The van der Waals surface area contributed by atoms with Crippen molar-refractivity contribution in [1.82, 2.24) is 14.7 Å². The van der Waals surface area contributed by atoms with Gasteiger partial charge < -0.3 is 15.0 Å². The maximum atomic E-state index is 12.6. The van der Waals surface area contributed by atoms with Crippen molar-refractivity contribution in [2.75, 3.05) is 25.0 Å². The summed E-state index contributed by atoms with van der Waals surface area (Å²) in [6.07, 6.45) is 2.00. The van der Waals surface area contributed by atoms with Crippen molar-refractivity contribution in [2.45, 2.75) is 40.2 Å². The number of carbonyl (C=O) groups excluding carboxylic acids is 1. The van der Waals surface area contributed by atoms with Gasteiger partial charge >= 0.3 is 6.03 Å². The fraction of sp³-hybridized carbons (Fsp3) is 0.500. The number of aryl methyl sites for hydroxylation is 2. The van der Waals surface area contributed by atoms with Gasteiger partial charge in [-0.3, -0.25) is 4.68 Å². The van der Waals surface area contributed by atoms with Gasteiger partial charge in [0.1, 0.15) is 5.75 Å². The normalized spacial score (nSPS) is 15.1. The Morgan fingerprint density at radius 3 is 2.65 bits per heavy atom. The molecular formula is C20H28N4O2. The van der Waals surface area contributed by atoms with Gasteiger partial charge in [-0.2, -0.15) is 5.10 Å². The quantitative estimate of drug-likeness (QED) is 0.885. The lowest BCUT2D eigenvalue weighted by Crippen LogP contribution is -2.41. The van der Waals surface area contributed by atoms with Crippen molar-refractivity contribution >= 4 is 11.7 Å². The highest BCUT2D eigenvalue weighted by Gasteiger charge is 2.24. The minimum Gasteiger partial charge on any atom is -0.492 e. The van der Waals surface area contributed by atoms with Crippen molar-refractivity contribution in [3.8, 4) is 5.75 Å². The highest BCUT2D eigenvalue weighted by molar-refractivity contribution is 5.91. The summed E-state index contributed by atoms with van der Waals surface area (Å²) in [4.78, 5) is 14.5. The third-order valence-electron chi connectivity index (χ3n) is 4.86. The number of benzene rings is 1. The zero-order valence-corrected chi connectivity index (χ0v) is 15.9. The van der Waals surface area contributed by atoms with Crippen molar-refractivity contribution in [3.05, 3.63) is 41.7 Å². The number of urea groups is 1. The summed E-state index contributed by atoms with van der Waals surface area (Å²) in [5.74, 6) is 1.27. The van der Waals surface area contributed by atoms with Crippen molar-refractivity contribution in [2.24, 2.45) is 5.92 Å². The number of piperidine rings is 1. The van der Waals surface area contributed by atoms with Crippen LogP contribution in [-0.2, 0) is 6.54 Å². The van der Waals surface area contributed by atoms with Crippen LogP contribution in [0.25, 0.3) is 0 Å². The number of carbonyl (C=O) groups is 1. The Kier molecular flexibility index (Phi) is 5.81. The van der Waals surface area contributed by atoms with Gasteiger partial charge in [-0.25, -0.2) is 4.79 Å². The van der Waals surface area contributed by atoms with E-state index in [1.165, 1.54) is 5.69 Å². The zero-order chi connectivity index (χ0) is 18.5. The zero-order valence-electron chi connectivity index (χ0n) is 15.9. The highest BCUT2D eigenvalue weighted by Crippen LogP contribution is 2.25. The Morgan fingerprint density at radius 2 is 2.00 bits per heavy atom. The van der Waals surface area contributed by atoms with E-state index in [0.29, 0.717) is 18.3 Å². The Balaban J connectivity index is 1.53. The third-order valence-corrected chi connectivity index (χ3v) is 4.86. The summed E-state index contributed by atoms with van der Waals surface area (Å²) in [6.45, 7) is 9.10. The molecule has 6 nitrogen and oxygen atoms in total. The minimum atomic E-state index is -0.0540. The van der Waals surface area contributed by atoms with E-state index in [-0.39, 0.29) is 6.03 Å². The lowest BCUT2D eigenvalue weighted by molar-refractivity contribution is 0.175. The molecule has 0 radical (unpaired) electrons. The van der Waals surface area contributed by atoms with E-state index in [9.17, 15) is 4.79 Å². The number of hydrogen-bond donors (Lipinski definition) is 1. The first-order chi connectivity index (χ1) is 12.6. The first-order valence-electron chi connectivity index (χ1n) is 9.35. The lowest BCUT2D eigenvalue weighted by Gasteiger charge is -2.32. The van der Waals surface area contributed by atoms with Crippen LogP contribution in [-0.4, -0.2) is 40.4 Å². The smallest absolute Gasteiger partial charge is 0.321 e. The molecule has 140 valence electrons. The van der Waals surface area contributed by atoms with Crippen LogP contribution in [0, 0.1) is 19.8 Å². The number of rotatable bonds is 5. The predicted molar refractivity (Wildman–Crippen MR) is 103 cm³/mol. The fourth-order valence-corrected chi connectivity index (χ4v) is 3.47. The second-order valence-corrected chi connectivity index (χ2v) is 6.90. The molecule has 0 atom stereocenters. The number of nitrogens with zero attached hydrogens (tertiary/aromatic N) is 3. The maximum absolute atomic E-state index is 12.6. The average Bonchev–Trinajstić information content (AvgIpc) is 2.94. The number of amides is 2. The summed E-state index contributed by atoms with van der Waals surface area (Å²) >= 11 is 0. The molecule has 1 N–H and O–H groups in total. The molecule has 6 heteroatoms. The van der Waals surface area contributed by atoms with Crippen LogP contribution in [0.15, 0.2) is 30.3 Å². The molecule has 1 aliphatic rings. The third kappa shape index (κ3) is 4.36. The molecule has 1 aromatic heterocycles. The molecule has 0 unspecified atom stereocenters. The van der Waals surface area contributed by atoms with Gasteiger partial charge in [-0.05, 0) is 57.7 Å². The van der Waals surface area contributed by atoms with E-state index in [2.05, 4.69) is 28.1 Å². The lowest BCUT2D eigenvalue weighted by atomic mass is 9.97. The van der Waals surface area contributed by atoms with Gasteiger partial charge in [0.25, 0.3) is 0 Å². The van der Waals surface area contributed by atoms with Gasteiger partial charge in [0.2, 0.25) is 0 Å². The molecule has 1 saturated heterocycles. The van der Waals surface area contributed by atoms with Crippen LogP contribution in [0.1, 0.15) is 31.2 Å².